The Morgan fingerprint density at radius 2 is 1.74 bits per heavy atom. The Kier molecular flexibility index (Phi) is 3.31. The van der Waals surface area contributed by atoms with Crippen LogP contribution in [0.5, 0.6) is 0 Å². The van der Waals surface area contributed by atoms with Gasteiger partial charge >= 0.3 is 0 Å². The molecule has 1 aromatic carbocycles. The molecule has 2 heterocycles. The molecule has 2 aliphatic heterocycles. The molecule has 0 unspecified atom stereocenters. The predicted octanol–water partition coefficient (Wildman–Crippen LogP) is 2.96. The van der Waals surface area contributed by atoms with Crippen molar-refractivity contribution >= 4 is 39.0 Å². The van der Waals surface area contributed by atoms with Crippen LogP contribution < -0.4 is 10.2 Å². The van der Waals surface area contributed by atoms with Crippen molar-refractivity contribution in [2.45, 2.75) is 25.7 Å². The van der Waals surface area contributed by atoms with Crippen LogP contribution in [0.4, 0.5) is 11.4 Å². The van der Waals surface area contributed by atoms with Crippen LogP contribution in [0.1, 0.15) is 36.0 Å². The summed E-state index contributed by atoms with van der Waals surface area (Å²) in [5.41, 5.74) is 2.17. The number of carbonyl (C=O) groups is 2. The lowest BCUT2D eigenvalue weighted by molar-refractivity contribution is -0.112. The minimum Gasteiger partial charge on any atom is -0.371 e. The zero-order chi connectivity index (χ0) is 13.4. The maximum atomic E-state index is 11.6. The van der Waals surface area contributed by atoms with Crippen LogP contribution in [0.15, 0.2) is 16.6 Å². The molecule has 0 bridgehead atoms. The van der Waals surface area contributed by atoms with Crippen molar-refractivity contribution < 1.29 is 9.59 Å². The van der Waals surface area contributed by atoms with Gasteiger partial charge in [-0.25, -0.2) is 0 Å². The topological polar surface area (TPSA) is 49.4 Å². The minimum atomic E-state index is -0.532. The third kappa shape index (κ3) is 2.27. The Labute approximate surface area is 120 Å². The van der Waals surface area contributed by atoms with Crippen LogP contribution in [0, 0.1) is 0 Å². The molecule has 0 aromatic heterocycles. The maximum absolute atomic E-state index is 11.6. The van der Waals surface area contributed by atoms with E-state index < -0.39 is 11.7 Å². The smallest absolute Gasteiger partial charge is 0.296 e. The molecule has 1 fully saturated rings. The van der Waals surface area contributed by atoms with E-state index in [4.69, 9.17) is 0 Å². The molecule has 0 radical (unpaired) electrons. The number of fused-ring (bicyclic) bond motifs is 1. The molecule has 4 nitrogen and oxygen atoms in total. The number of halogens is 1. The van der Waals surface area contributed by atoms with Gasteiger partial charge in [-0.2, -0.15) is 0 Å². The number of rotatable bonds is 1. The van der Waals surface area contributed by atoms with Gasteiger partial charge in [0.1, 0.15) is 0 Å². The number of amides is 1. The predicted molar refractivity (Wildman–Crippen MR) is 77.8 cm³/mol. The van der Waals surface area contributed by atoms with E-state index in [2.05, 4.69) is 26.1 Å². The van der Waals surface area contributed by atoms with E-state index in [9.17, 15) is 9.59 Å². The first-order chi connectivity index (χ1) is 9.16. The molecule has 100 valence electrons. The summed E-state index contributed by atoms with van der Waals surface area (Å²) < 4.78 is 0.887. The highest BCUT2D eigenvalue weighted by atomic mass is 79.9. The third-order valence-corrected chi connectivity index (χ3v) is 4.37. The lowest BCUT2D eigenvalue weighted by Gasteiger charge is -2.24. The maximum Gasteiger partial charge on any atom is 0.296 e. The van der Waals surface area contributed by atoms with Gasteiger partial charge in [0.25, 0.3) is 11.7 Å². The number of nitrogens with one attached hydrogen (secondary N) is 1. The van der Waals surface area contributed by atoms with Crippen molar-refractivity contribution in [3.8, 4) is 0 Å². The largest absolute Gasteiger partial charge is 0.371 e. The lowest BCUT2D eigenvalue weighted by atomic mass is 10.1. The summed E-state index contributed by atoms with van der Waals surface area (Å²) in [6.07, 6.45) is 4.92. The van der Waals surface area contributed by atoms with Crippen LogP contribution >= 0.6 is 15.9 Å². The summed E-state index contributed by atoms with van der Waals surface area (Å²) in [4.78, 5) is 25.4. The van der Waals surface area contributed by atoms with Gasteiger partial charge in [-0.3, -0.25) is 9.59 Å². The summed E-state index contributed by atoms with van der Waals surface area (Å²) >= 11 is 3.53. The molecule has 0 atom stereocenters. The van der Waals surface area contributed by atoms with E-state index in [1.54, 1.807) is 6.07 Å². The number of Topliss-reactive ketones (excluding diaryl/α,β-unsaturated/α-hetero) is 1. The Hall–Kier alpha value is -1.36. The summed E-state index contributed by atoms with van der Waals surface area (Å²) in [6.45, 7) is 2.05. The number of anilines is 2. The van der Waals surface area contributed by atoms with Crippen molar-refractivity contribution in [1.82, 2.24) is 0 Å². The SMILES string of the molecule is O=C1Nc2cc(N3CCCCCC3)c(Br)cc2C1=O. The van der Waals surface area contributed by atoms with E-state index in [1.807, 2.05) is 6.07 Å². The quantitative estimate of drug-likeness (QED) is 0.809. The van der Waals surface area contributed by atoms with E-state index in [1.165, 1.54) is 25.7 Å². The second kappa shape index (κ2) is 4.96. The van der Waals surface area contributed by atoms with Crippen LogP contribution in [0.25, 0.3) is 0 Å². The molecule has 0 aliphatic carbocycles. The summed E-state index contributed by atoms with van der Waals surface area (Å²) in [6, 6.07) is 3.67. The molecule has 1 saturated heterocycles. The first kappa shape index (κ1) is 12.7. The average Bonchev–Trinajstić information content (AvgIpc) is 2.63. The normalized spacial score (nSPS) is 19.1. The van der Waals surface area contributed by atoms with Crippen molar-refractivity contribution in [2.75, 3.05) is 23.3 Å². The number of carbonyl (C=O) groups excluding carboxylic acids is 2. The van der Waals surface area contributed by atoms with Gasteiger partial charge in [-0.15, -0.1) is 0 Å². The van der Waals surface area contributed by atoms with Crippen LogP contribution in [-0.2, 0) is 4.79 Å². The fraction of sp³-hybridized carbons (Fsp3) is 0.429. The molecule has 5 heteroatoms. The molecule has 19 heavy (non-hydrogen) atoms. The van der Waals surface area contributed by atoms with Gasteiger partial charge < -0.3 is 10.2 Å². The molecule has 0 saturated carbocycles. The highest BCUT2D eigenvalue weighted by Gasteiger charge is 2.29. The van der Waals surface area contributed by atoms with Crippen molar-refractivity contribution in [2.24, 2.45) is 0 Å². The van der Waals surface area contributed by atoms with E-state index in [0.717, 1.165) is 23.2 Å². The van der Waals surface area contributed by atoms with Crippen LogP contribution in [0.3, 0.4) is 0 Å². The number of hydrogen-bond acceptors (Lipinski definition) is 3. The summed E-state index contributed by atoms with van der Waals surface area (Å²) in [5, 5.41) is 2.63. The Balaban J connectivity index is 1.97. The molecule has 0 spiro atoms. The van der Waals surface area contributed by atoms with Crippen molar-refractivity contribution in [1.29, 1.82) is 0 Å². The van der Waals surface area contributed by atoms with Gasteiger partial charge in [0.15, 0.2) is 0 Å². The average molecular weight is 323 g/mol. The molecule has 2 aliphatic rings. The second-order valence-electron chi connectivity index (χ2n) is 5.03. The van der Waals surface area contributed by atoms with Gasteiger partial charge in [0, 0.05) is 17.6 Å². The van der Waals surface area contributed by atoms with Gasteiger partial charge in [-0.05, 0) is 40.9 Å². The molecule has 1 N–H and O–H groups in total. The number of hydrogen-bond donors (Lipinski definition) is 1. The Bertz CT molecular complexity index is 549. The number of benzene rings is 1. The molecule has 1 amide bonds. The van der Waals surface area contributed by atoms with Crippen LogP contribution in [-0.4, -0.2) is 24.8 Å². The summed E-state index contributed by atoms with van der Waals surface area (Å²) in [7, 11) is 0. The van der Waals surface area contributed by atoms with E-state index >= 15 is 0 Å². The highest BCUT2D eigenvalue weighted by Crippen LogP contribution is 2.36. The Morgan fingerprint density at radius 3 is 2.42 bits per heavy atom. The highest BCUT2D eigenvalue weighted by molar-refractivity contribution is 9.10. The molecular formula is C14H15BrN2O2. The fourth-order valence-electron chi connectivity index (χ4n) is 2.71. The third-order valence-electron chi connectivity index (χ3n) is 3.73. The number of nitrogens with zero attached hydrogens (tertiary/aromatic N) is 1. The van der Waals surface area contributed by atoms with Gasteiger partial charge in [-0.1, -0.05) is 12.8 Å². The number of ketones is 1. The summed E-state index contributed by atoms with van der Waals surface area (Å²) in [5.74, 6) is -0.979. The standard InChI is InChI=1S/C14H15BrN2O2/c15-10-7-9-11(16-14(19)13(9)18)8-12(10)17-5-3-1-2-4-6-17/h7-8H,1-6H2,(H,16,18,19). The lowest BCUT2D eigenvalue weighted by Crippen LogP contribution is -2.24. The zero-order valence-electron chi connectivity index (χ0n) is 10.5. The first-order valence-corrected chi connectivity index (χ1v) is 7.40. The molecule has 3 rings (SSSR count). The zero-order valence-corrected chi connectivity index (χ0v) is 12.1. The molecule has 1 aromatic rings. The Morgan fingerprint density at radius 1 is 1.05 bits per heavy atom. The van der Waals surface area contributed by atoms with Crippen molar-refractivity contribution in [3.05, 3.63) is 22.2 Å². The molecular weight excluding hydrogens is 308 g/mol. The monoisotopic (exact) mass is 322 g/mol. The van der Waals surface area contributed by atoms with Crippen molar-refractivity contribution in [3.63, 3.8) is 0 Å². The van der Waals surface area contributed by atoms with Gasteiger partial charge in [0.05, 0.1) is 16.9 Å². The second-order valence-corrected chi connectivity index (χ2v) is 5.89. The van der Waals surface area contributed by atoms with Gasteiger partial charge in [0.2, 0.25) is 0 Å². The first-order valence-electron chi connectivity index (χ1n) is 6.61. The fourth-order valence-corrected chi connectivity index (χ4v) is 3.30. The van der Waals surface area contributed by atoms with E-state index in [0.29, 0.717) is 11.3 Å². The van der Waals surface area contributed by atoms with E-state index in [-0.39, 0.29) is 0 Å². The van der Waals surface area contributed by atoms with Crippen LogP contribution in [0.2, 0.25) is 0 Å². The minimum absolute atomic E-state index is 0.446.